The van der Waals surface area contributed by atoms with Crippen molar-refractivity contribution in [2.75, 3.05) is 30.4 Å². The molecule has 0 unspecified atom stereocenters. The van der Waals surface area contributed by atoms with Gasteiger partial charge in [-0.15, -0.1) is 0 Å². The average Bonchev–Trinajstić information content (AvgIpc) is 2.20. The first-order valence-corrected chi connectivity index (χ1v) is 4.55. The van der Waals surface area contributed by atoms with E-state index in [0.717, 1.165) is 17.9 Å². The van der Waals surface area contributed by atoms with Crippen LogP contribution in [0.4, 0.5) is 11.4 Å². The summed E-state index contributed by atoms with van der Waals surface area (Å²) in [7, 11) is 0. The van der Waals surface area contributed by atoms with E-state index in [2.05, 4.69) is 0 Å². The maximum atomic E-state index is 7.71. The van der Waals surface area contributed by atoms with E-state index < -0.39 is 0 Å². The lowest BCUT2D eigenvalue weighted by Gasteiger charge is -2.29. The van der Waals surface area contributed by atoms with Crippen molar-refractivity contribution in [3.8, 4) is 0 Å². The van der Waals surface area contributed by atoms with Gasteiger partial charge in [-0.1, -0.05) is 0 Å². The van der Waals surface area contributed by atoms with Gasteiger partial charge in [0, 0.05) is 17.9 Å². The van der Waals surface area contributed by atoms with E-state index in [9.17, 15) is 0 Å². The standard InChI is InChI=1S/C10H13N3O/c11-8-1-3-9(4-2-8)13-5-6-14-7-10(13)12/h1-4,12H,5-7,11H2. The molecule has 74 valence electrons. The SMILES string of the molecule is N=C1COCCN1c1ccc(N)cc1. The predicted molar refractivity (Wildman–Crippen MR) is 56.7 cm³/mol. The Bertz CT molecular complexity index is 334. The van der Waals surface area contributed by atoms with Crippen LogP contribution in [0.15, 0.2) is 24.3 Å². The lowest BCUT2D eigenvalue weighted by atomic mass is 10.2. The molecule has 0 atom stereocenters. The molecule has 0 aromatic heterocycles. The molecule has 3 N–H and O–H groups in total. The fourth-order valence-electron chi connectivity index (χ4n) is 1.48. The van der Waals surface area contributed by atoms with Crippen LogP contribution in [-0.4, -0.2) is 25.6 Å². The fourth-order valence-corrected chi connectivity index (χ4v) is 1.48. The normalized spacial score (nSPS) is 17.1. The molecule has 0 amide bonds. The molecule has 4 heteroatoms. The van der Waals surface area contributed by atoms with Gasteiger partial charge in [0.15, 0.2) is 0 Å². The fraction of sp³-hybridized carbons (Fsp3) is 0.300. The lowest BCUT2D eigenvalue weighted by molar-refractivity contribution is 0.166. The van der Waals surface area contributed by atoms with Gasteiger partial charge in [0.1, 0.15) is 12.4 Å². The van der Waals surface area contributed by atoms with Crippen LogP contribution < -0.4 is 10.6 Å². The lowest BCUT2D eigenvalue weighted by Crippen LogP contribution is -2.41. The highest BCUT2D eigenvalue weighted by atomic mass is 16.5. The van der Waals surface area contributed by atoms with Crippen molar-refractivity contribution in [2.45, 2.75) is 0 Å². The monoisotopic (exact) mass is 191 g/mol. The first-order valence-electron chi connectivity index (χ1n) is 4.55. The number of rotatable bonds is 1. The van der Waals surface area contributed by atoms with Gasteiger partial charge in [-0.05, 0) is 24.3 Å². The summed E-state index contributed by atoms with van der Waals surface area (Å²) in [5.74, 6) is 0.501. The minimum Gasteiger partial charge on any atom is -0.399 e. The number of anilines is 2. The Balaban J connectivity index is 2.20. The first-order chi connectivity index (χ1) is 6.77. The molecule has 0 bridgehead atoms. The topological polar surface area (TPSA) is 62.3 Å². The Kier molecular flexibility index (Phi) is 2.37. The van der Waals surface area contributed by atoms with E-state index in [1.54, 1.807) is 0 Å². The van der Waals surface area contributed by atoms with Gasteiger partial charge < -0.3 is 15.4 Å². The summed E-state index contributed by atoms with van der Waals surface area (Å²) in [5.41, 5.74) is 7.34. The van der Waals surface area contributed by atoms with E-state index in [0.29, 0.717) is 19.0 Å². The summed E-state index contributed by atoms with van der Waals surface area (Å²) >= 11 is 0. The van der Waals surface area contributed by atoms with E-state index in [-0.39, 0.29) is 0 Å². The van der Waals surface area contributed by atoms with E-state index in [1.807, 2.05) is 29.2 Å². The van der Waals surface area contributed by atoms with Gasteiger partial charge in [0.25, 0.3) is 0 Å². The summed E-state index contributed by atoms with van der Waals surface area (Å²) in [6.45, 7) is 1.81. The highest BCUT2D eigenvalue weighted by Gasteiger charge is 2.16. The van der Waals surface area contributed by atoms with Crippen molar-refractivity contribution >= 4 is 17.2 Å². The van der Waals surface area contributed by atoms with Crippen LogP contribution in [0.1, 0.15) is 0 Å². The summed E-state index contributed by atoms with van der Waals surface area (Å²) in [6.07, 6.45) is 0. The third-order valence-electron chi connectivity index (χ3n) is 2.23. The number of nitrogens with two attached hydrogens (primary N) is 1. The average molecular weight is 191 g/mol. The van der Waals surface area contributed by atoms with E-state index >= 15 is 0 Å². The molecule has 1 fully saturated rings. The zero-order chi connectivity index (χ0) is 9.97. The zero-order valence-electron chi connectivity index (χ0n) is 7.86. The van der Waals surface area contributed by atoms with Crippen LogP contribution >= 0.6 is 0 Å². The Morgan fingerprint density at radius 3 is 2.64 bits per heavy atom. The van der Waals surface area contributed by atoms with Gasteiger partial charge in [0.05, 0.1) is 6.61 Å². The molecular formula is C10H13N3O. The van der Waals surface area contributed by atoms with Gasteiger partial charge in [-0.25, -0.2) is 0 Å². The van der Waals surface area contributed by atoms with Gasteiger partial charge in [-0.3, -0.25) is 5.41 Å². The smallest absolute Gasteiger partial charge is 0.127 e. The molecule has 1 aliphatic rings. The largest absolute Gasteiger partial charge is 0.399 e. The highest BCUT2D eigenvalue weighted by Crippen LogP contribution is 2.17. The Morgan fingerprint density at radius 1 is 1.29 bits per heavy atom. The van der Waals surface area contributed by atoms with Crippen LogP contribution in [0.3, 0.4) is 0 Å². The maximum Gasteiger partial charge on any atom is 0.127 e. The third-order valence-corrected chi connectivity index (χ3v) is 2.23. The number of nitrogen functional groups attached to an aromatic ring is 1. The zero-order valence-corrected chi connectivity index (χ0v) is 7.86. The second-order valence-corrected chi connectivity index (χ2v) is 3.24. The van der Waals surface area contributed by atoms with Crippen molar-refractivity contribution < 1.29 is 4.74 Å². The van der Waals surface area contributed by atoms with Gasteiger partial charge in [-0.2, -0.15) is 0 Å². The summed E-state index contributed by atoms with van der Waals surface area (Å²) in [4.78, 5) is 1.93. The van der Waals surface area contributed by atoms with Gasteiger partial charge >= 0.3 is 0 Å². The first kappa shape index (κ1) is 9.02. The molecular weight excluding hydrogens is 178 g/mol. The quantitative estimate of drug-likeness (QED) is 0.653. The van der Waals surface area contributed by atoms with Crippen LogP contribution in [0.2, 0.25) is 0 Å². The summed E-state index contributed by atoms with van der Waals surface area (Å²) in [6, 6.07) is 7.54. The molecule has 1 saturated heterocycles. The minimum atomic E-state index is 0.393. The number of amidine groups is 1. The number of hydrogen-bond donors (Lipinski definition) is 2. The van der Waals surface area contributed by atoms with Crippen molar-refractivity contribution in [3.05, 3.63) is 24.3 Å². The number of nitrogens with one attached hydrogen (secondary N) is 1. The van der Waals surface area contributed by atoms with Crippen molar-refractivity contribution in [2.24, 2.45) is 0 Å². The molecule has 1 heterocycles. The number of hydrogen-bond acceptors (Lipinski definition) is 3. The van der Waals surface area contributed by atoms with Crippen LogP contribution in [0.5, 0.6) is 0 Å². The molecule has 0 aliphatic carbocycles. The van der Waals surface area contributed by atoms with Gasteiger partial charge in [0.2, 0.25) is 0 Å². The van der Waals surface area contributed by atoms with Crippen LogP contribution in [0, 0.1) is 5.41 Å². The molecule has 4 nitrogen and oxygen atoms in total. The maximum absolute atomic E-state index is 7.71. The van der Waals surface area contributed by atoms with Crippen molar-refractivity contribution in [1.29, 1.82) is 5.41 Å². The van der Waals surface area contributed by atoms with Crippen molar-refractivity contribution in [3.63, 3.8) is 0 Å². The second kappa shape index (κ2) is 3.67. The van der Waals surface area contributed by atoms with Crippen molar-refractivity contribution in [1.82, 2.24) is 0 Å². The molecule has 1 aromatic carbocycles. The predicted octanol–water partition coefficient (Wildman–Crippen LogP) is 1.08. The molecule has 1 aliphatic heterocycles. The molecule has 1 aromatic rings. The summed E-state index contributed by atoms with van der Waals surface area (Å²) in [5, 5.41) is 7.71. The minimum absolute atomic E-state index is 0.393. The number of nitrogens with zero attached hydrogens (tertiary/aromatic N) is 1. The highest BCUT2D eigenvalue weighted by molar-refractivity contribution is 5.97. The van der Waals surface area contributed by atoms with E-state index in [1.165, 1.54) is 0 Å². The van der Waals surface area contributed by atoms with Crippen LogP contribution in [-0.2, 0) is 4.74 Å². The summed E-state index contributed by atoms with van der Waals surface area (Å²) < 4.78 is 5.17. The number of morpholine rings is 1. The molecule has 0 radical (unpaired) electrons. The Morgan fingerprint density at radius 2 is 2.00 bits per heavy atom. The van der Waals surface area contributed by atoms with Crippen LogP contribution in [0.25, 0.3) is 0 Å². The van der Waals surface area contributed by atoms with E-state index in [4.69, 9.17) is 15.9 Å². The molecule has 2 rings (SSSR count). The number of benzene rings is 1. The molecule has 0 spiro atoms. The number of ether oxygens (including phenoxy) is 1. The molecule has 14 heavy (non-hydrogen) atoms. The second-order valence-electron chi connectivity index (χ2n) is 3.24. The third kappa shape index (κ3) is 1.70. The molecule has 0 saturated carbocycles. The Labute approximate surface area is 82.8 Å². The Hall–Kier alpha value is -1.55.